The van der Waals surface area contributed by atoms with Crippen LogP contribution in [0, 0.1) is 0 Å². The minimum Gasteiger partial charge on any atom is -0.458 e. The smallest absolute Gasteiger partial charge is 0.336 e. The lowest BCUT2D eigenvalue weighted by Crippen LogP contribution is -2.02. The van der Waals surface area contributed by atoms with Crippen molar-refractivity contribution in [2.24, 2.45) is 0 Å². The molecule has 0 spiro atoms. The minimum absolute atomic E-state index is 0.192. The van der Waals surface area contributed by atoms with Crippen molar-refractivity contribution in [3.8, 4) is 0 Å². The lowest BCUT2D eigenvalue weighted by molar-refractivity contribution is -0.136. The molecule has 3 heteroatoms. The van der Waals surface area contributed by atoms with E-state index in [1.54, 1.807) is 0 Å². The summed E-state index contributed by atoms with van der Waals surface area (Å²) in [5.74, 6) is -0.362. The third-order valence-electron chi connectivity index (χ3n) is 1.64. The molecule has 56 valence electrons. The van der Waals surface area contributed by atoms with E-state index in [0.717, 1.165) is 12.0 Å². The van der Waals surface area contributed by atoms with Gasteiger partial charge in [0.05, 0.1) is 12.2 Å². The second-order valence-electron chi connectivity index (χ2n) is 2.17. The number of carbonyl (C=O) groups is 1. The first-order valence-electron chi connectivity index (χ1n) is 3.28. The number of aliphatic hydroxyl groups excluding tert-OH is 1. The van der Waals surface area contributed by atoms with E-state index in [4.69, 9.17) is 5.11 Å². The molecule has 0 atom stereocenters. The van der Waals surface area contributed by atoms with Gasteiger partial charge in [0.25, 0.3) is 0 Å². The van der Waals surface area contributed by atoms with Gasteiger partial charge in [-0.05, 0) is 12.0 Å². The van der Waals surface area contributed by atoms with Crippen LogP contribution in [0.1, 0.15) is 13.3 Å². The van der Waals surface area contributed by atoms with Crippen LogP contribution in [-0.2, 0) is 9.53 Å². The minimum atomic E-state index is -0.362. The zero-order valence-electron chi connectivity index (χ0n) is 5.89. The van der Waals surface area contributed by atoms with Crippen LogP contribution >= 0.6 is 0 Å². The van der Waals surface area contributed by atoms with Crippen molar-refractivity contribution in [2.75, 3.05) is 13.2 Å². The maximum Gasteiger partial charge on any atom is 0.336 e. The molecule has 1 aliphatic rings. The largest absolute Gasteiger partial charge is 0.458 e. The van der Waals surface area contributed by atoms with E-state index in [9.17, 15) is 4.79 Å². The maximum atomic E-state index is 10.7. The second kappa shape index (κ2) is 2.84. The van der Waals surface area contributed by atoms with E-state index in [1.807, 2.05) is 6.92 Å². The van der Waals surface area contributed by atoms with Crippen LogP contribution in [0.2, 0.25) is 0 Å². The Morgan fingerprint density at radius 3 is 2.80 bits per heavy atom. The Hall–Kier alpha value is -0.830. The SMILES string of the molecule is CCC1=C(CO)C(=O)OC1. The summed E-state index contributed by atoms with van der Waals surface area (Å²) < 4.78 is 4.69. The highest BCUT2D eigenvalue weighted by atomic mass is 16.5. The lowest BCUT2D eigenvalue weighted by atomic mass is 10.1. The summed E-state index contributed by atoms with van der Waals surface area (Å²) in [4.78, 5) is 10.7. The standard InChI is InChI=1S/C7H10O3/c1-2-5-4-10-7(9)6(5)3-8/h8H,2-4H2,1H3. The van der Waals surface area contributed by atoms with Crippen LogP contribution in [0.25, 0.3) is 0 Å². The number of cyclic esters (lactones) is 1. The van der Waals surface area contributed by atoms with Crippen LogP contribution in [0.5, 0.6) is 0 Å². The van der Waals surface area contributed by atoms with Gasteiger partial charge < -0.3 is 9.84 Å². The van der Waals surface area contributed by atoms with Crippen molar-refractivity contribution in [3.05, 3.63) is 11.1 Å². The molecular weight excluding hydrogens is 132 g/mol. The molecule has 0 aromatic heterocycles. The molecule has 0 saturated carbocycles. The molecule has 3 nitrogen and oxygen atoms in total. The van der Waals surface area contributed by atoms with Gasteiger partial charge in [0.1, 0.15) is 6.61 Å². The Morgan fingerprint density at radius 2 is 2.40 bits per heavy atom. The third-order valence-corrected chi connectivity index (χ3v) is 1.64. The molecule has 0 aliphatic carbocycles. The fourth-order valence-corrected chi connectivity index (χ4v) is 0.963. The van der Waals surface area contributed by atoms with Crippen molar-refractivity contribution >= 4 is 5.97 Å². The first kappa shape index (κ1) is 7.28. The van der Waals surface area contributed by atoms with E-state index in [-0.39, 0.29) is 12.6 Å². The third kappa shape index (κ3) is 1.04. The summed E-state index contributed by atoms with van der Waals surface area (Å²) >= 11 is 0. The van der Waals surface area contributed by atoms with E-state index in [2.05, 4.69) is 4.74 Å². The highest BCUT2D eigenvalue weighted by Gasteiger charge is 2.21. The zero-order chi connectivity index (χ0) is 7.56. The number of hydrogen-bond acceptors (Lipinski definition) is 3. The van der Waals surface area contributed by atoms with Gasteiger partial charge in [-0.15, -0.1) is 0 Å². The quantitative estimate of drug-likeness (QED) is 0.562. The highest BCUT2D eigenvalue weighted by Crippen LogP contribution is 2.17. The number of ether oxygens (including phenoxy) is 1. The highest BCUT2D eigenvalue weighted by molar-refractivity contribution is 5.91. The van der Waals surface area contributed by atoms with Crippen molar-refractivity contribution in [1.82, 2.24) is 0 Å². The topological polar surface area (TPSA) is 46.5 Å². The second-order valence-corrected chi connectivity index (χ2v) is 2.17. The molecule has 0 radical (unpaired) electrons. The van der Waals surface area contributed by atoms with E-state index >= 15 is 0 Å². The van der Waals surface area contributed by atoms with Crippen LogP contribution in [0.3, 0.4) is 0 Å². The lowest BCUT2D eigenvalue weighted by Gasteiger charge is -1.92. The molecule has 0 saturated heterocycles. The van der Waals surface area contributed by atoms with E-state index < -0.39 is 0 Å². The fraction of sp³-hybridized carbons (Fsp3) is 0.571. The summed E-state index contributed by atoms with van der Waals surface area (Å²) in [5, 5.41) is 8.68. The van der Waals surface area contributed by atoms with Gasteiger partial charge in [-0.2, -0.15) is 0 Å². The van der Waals surface area contributed by atoms with Crippen molar-refractivity contribution < 1.29 is 14.6 Å². The summed E-state index contributed by atoms with van der Waals surface area (Å²) in [6.07, 6.45) is 0.779. The average Bonchev–Trinajstić information content (AvgIpc) is 2.30. The molecule has 0 fully saturated rings. The molecule has 0 aromatic carbocycles. The summed E-state index contributed by atoms with van der Waals surface area (Å²) in [6.45, 7) is 2.11. The van der Waals surface area contributed by atoms with Gasteiger partial charge in [-0.1, -0.05) is 6.92 Å². The van der Waals surface area contributed by atoms with E-state index in [1.165, 1.54) is 0 Å². The number of esters is 1. The number of carbonyl (C=O) groups excluding carboxylic acids is 1. The molecule has 0 aromatic rings. The Labute approximate surface area is 59.3 Å². The monoisotopic (exact) mass is 142 g/mol. The van der Waals surface area contributed by atoms with Gasteiger partial charge in [-0.25, -0.2) is 4.79 Å². The van der Waals surface area contributed by atoms with Gasteiger partial charge >= 0.3 is 5.97 Å². The predicted octanol–water partition coefficient (Wildman–Crippen LogP) is 0.242. The molecule has 1 rings (SSSR count). The molecule has 0 amide bonds. The molecular formula is C7H10O3. The predicted molar refractivity (Wildman–Crippen MR) is 35.4 cm³/mol. The Kier molecular flexibility index (Phi) is 2.06. The molecule has 0 unspecified atom stereocenters. The zero-order valence-corrected chi connectivity index (χ0v) is 5.89. The molecule has 10 heavy (non-hydrogen) atoms. The molecule has 1 heterocycles. The number of hydrogen-bond donors (Lipinski definition) is 1. The van der Waals surface area contributed by atoms with Crippen molar-refractivity contribution in [1.29, 1.82) is 0 Å². The Morgan fingerprint density at radius 1 is 1.70 bits per heavy atom. The molecule has 0 bridgehead atoms. The van der Waals surface area contributed by atoms with Gasteiger partial charge in [0.15, 0.2) is 0 Å². The van der Waals surface area contributed by atoms with Crippen LogP contribution in [0.15, 0.2) is 11.1 Å². The number of rotatable bonds is 2. The maximum absolute atomic E-state index is 10.7. The first-order valence-corrected chi connectivity index (χ1v) is 3.28. The van der Waals surface area contributed by atoms with Crippen molar-refractivity contribution in [2.45, 2.75) is 13.3 Å². The molecule has 1 aliphatic heterocycles. The Bertz CT molecular complexity index is 181. The average molecular weight is 142 g/mol. The Balaban J connectivity index is 2.81. The van der Waals surface area contributed by atoms with Crippen molar-refractivity contribution in [3.63, 3.8) is 0 Å². The van der Waals surface area contributed by atoms with E-state index in [0.29, 0.717) is 12.2 Å². The van der Waals surface area contributed by atoms with Gasteiger partial charge in [-0.3, -0.25) is 0 Å². The van der Waals surface area contributed by atoms with Gasteiger partial charge in [0, 0.05) is 0 Å². The number of aliphatic hydroxyl groups is 1. The normalized spacial score (nSPS) is 18.0. The fourth-order valence-electron chi connectivity index (χ4n) is 0.963. The van der Waals surface area contributed by atoms with Gasteiger partial charge in [0.2, 0.25) is 0 Å². The summed E-state index contributed by atoms with van der Waals surface area (Å²) in [5.41, 5.74) is 1.37. The summed E-state index contributed by atoms with van der Waals surface area (Å²) in [6, 6.07) is 0. The van der Waals surface area contributed by atoms with Crippen LogP contribution in [0.4, 0.5) is 0 Å². The molecule has 1 N–H and O–H groups in total. The first-order chi connectivity index (χ1) is 4.79. The van der Waals surface area contributed by atoms with Crippen LogP contribution < -0.4 is 0 Å². The van der Waals surface area contributed by atoms with Crippen LogP contribution in [-0.4, -0.2) is 24.3 Å². The summed E-state index contributed by atoms with van der Waals surface area (Å²) in [7, 11) is 0.